The van der Waals surface area contributed by atoms with Gasteiger partial charge in [-0.05, 0) is 40.1 Å². The first kappa shape index (κ1) is 9.24. The first-order chi connectivity index (χ1) is 6.77. The van der Waals surface area contributed by atoms with Crippen molar-refractivity contribution >= 4 is 11.3 Å². The zero-order valence-electron chi connectivity index (χ0n) is 7.55. The number of nitrogens with two attached hydrogens (primary N) is 1. The van der Waals surface area contributed by atoms with Gasteiger partial charge in [-0.3, -0.25) is 0 Å². The lowest BCUT2D eigenvalue weighted by molar-refractivity contribution is 0.475. The summed E-state index contributed by atoms with van der Waals surface area (Å²) >= 11 is 1.64. The second kappa shape index (κ2) is 3.82. The van der Waals surface area contributed by atoms with Crippen LogP contribution in [0.2, 0.25) is 0 Å². The van der Waals surface area contributed by atoms with E-state index >= 15 is 0 Å². The Balaban J connectivity index is 2.28. The molecule has 1 heterocycles. The number of phenolic OH excluding ortho intramolecular Hbond substituents is 1. The van der Waals surface area contributed by atoms with Crippen LogP contribution in [-0.4, -0.2) is 5.11 Å². The molecule has 0 aliphatic rings. The van der Waals surface area contributed by atoms with Crippen LogP contribution >= 0.6 is 11.3 Å². The van der Waals surface area contributed by atoms with Crippen molar-refractivity contribution in [3.63, 3.8) is 0 Å². The molecule has 0 saturated heterocycles. The summed E-state index contributed by atoms with van der Waals surface area (Å²) in [7, 11) is 0. The summed E-state index contributed by atoms with van der Waals surface area (Å²) in [5.41, 5.74) is 8.16. The SMILES string of the molecule is N[C@H](c1ccc(O)cc1)c1ccsc1. The lowest BCUT2D eigenvalue weighted by atomic mass is 10.0. The molecule has 0 radical (unpaired) electrons. The summed E-state index contributed by atoms with van der Waals surface area (Å²) in [6, 6.07) is 8.92. The molecular weight excluding hydrogens is 194 g/mol. The number of hydrogen-bond acceptors (Lipinski definition) is 3. The molecule has 0 spiro atoms. The maximum absolute atomic E-state index is 9.13. The molecule has 1 aromatic carbocycles. The highest BCUT2D eigenvalue weighted by molar-refractivity contribution is 7.08. The van der Waals surface area contributed by atoms with Crippen LogP contribution in [-0.2, 0) is 0 Å². The van der Waals surface area contributed by atoms with E-state index in [0.29, 0.717) is 0 Å². The van der Waals surface area contributed by atoms with Crippen LogP contribution in [0.5, 0.6) is 5.75 Å². The lowest BCUT2D eigenvalue weighted by Gasteiger charge is -2.09. The third-order valence-electron chi connectivity index (χ3n) is 2.15. The first-order valence-electron chi connectivity index (χ1n) is 4.34. The van der Waals surface area contributed by atoms with Gasteiger partial charge in [-0.2, -0.15) is 11.3 Å². The summed E-state index contributed by atoms with van der Waals surface area (Å²) < 4.78 is 0. The Morgan fingerprint density at radius 3 is 2.36 bits per heavy atom. The minimum absolute atomic E-state index is 0.0955. The Labute approximate surface area is 86.6 Å². The molecule has 2 nitrogen and oxygen atoms in total. The molecule has 14 heavy (non-hydrogen) atoms. The van der Waals surface area contributed by atoms with Gasteiger partial charge in [0.05, 0.1) is 6.04 Å². The van der Waals surface area contributed by atoms with E-state index in [2.05, 4.69) is 0 Å². The van der Waals surface area contributed by atoms with Gasteiger partial charge in [0.1, 0.15) is 5.75 Å². The number of phenols is 1. The predicted molar refractivity (Wildman–Crippen MR) is 58.5 cm³/mol. The molecule has 1 aromatic heterocycles. The zero-order chi connectivity index (χ0) is 9.97. The van der Waals surface area contributed by atoms with Crippen molar-refractivity contribution in [2.75, 3.05) is 0 Å². The average molecular weight is 205 g/mol. The largest absolute Gasteiger partial charge is 0.508 e. The van der Waals surface area contributed by atoms with Crippen molar-refractivity contribution in [3.05, 3.63) is 52.2 Å². The van der Waals surface area contributed by atoms with Crippen LogP contribution in [0, 0.1) is 0 Å². The molecule has 72 valence electrons. The molecule has 2 rings (SSSR count). The first-order valence-corrected chi connectivity index (χ1v) is 5.28. The van der Waals surface area contributed by atoms with E-state index < -0.39 is 0 Å². The Hall–Kier alpha value is -1.32. The molecule has 3 N–H and O–H groups in total. The van der Waals surface area contributed by atoms with Crippen molar-refractivity contribution in [3.8, 4) is 5.75 Å². The Kier molecular flexibility index (Phi) is 2.52. The minimum atomic E-state index is -0.0955. The number of hydrogen-bond donors (Lipinski definition) is 2. The van der Waals surface area contributed by atoms with Gasteiger partial charge < -0.3 is 10.8 Å². The molecule has 0 aliphatic carbocycles. The highest BCUT2D eigenvalue weighted by Crippen LogP contribution is 2.22. The van der Waals surface area contributed by atoms with Gasteiger partial charge in [0.2, 0.25) is 0 Å². The predicted octanol–water partition coefficient (Wildman–Crippen LogP) is 2.50. The monoisotopic (exact) mass is 205 g/mol. The van der Waals surface area contributed by atoms with E-state index in [-0.39, 0.29) is 11.8 Å². The fourth-order valence-electron chi connectivity index (χ4n) is 1.33. The van der Waals surface area contributed by atoms with E-state index in [9.17, 15) is 0 Å². The normalized spacial score (nSPS) is 12.6. The van der Waals surface area contributed by atoms with Crippen LogP contribution in [0.4, 0.5) is 0 Å². The van der Waals surface area contributed by atoms with Crippen LogP contribution in [0.3, 0.4) is 0 Å². The average Bonchev–Trinajstić information content (AvgIpc) is 2.71. The molecule has 0 amide bonds. The van der Waals surface area contributed by atoms with Gasteiger partial charge in [0.25, 0.3) is 0 Å². The fourth-order valence-corrected chi connectivity index (χ4v) is 2.02. The third-order valence-corrected chi connectivity index (χ3v) is 2.86. The summed E-state index contributed by atoms with van der Waals surface area (Å²) in [5.74, 6) is 0.270. The summed E-state index contributed by atoms with van der Waals surface area (Å²) in [6.45, 7) is 0. The molecule has 1 atom stereocenters. The third kappa shape index (κ3) is 1.78. The molecule has 3 heteroatoms. The van der Waals surface area contributed by atoms with Crippen molar-refractivity contribution in [2.24, 2.45) is 5.73 Å². The smallest absolute Gasteiger partial charge is 0.115 e. The van der Waals surface area contributed by atoms with Gasteiger partial charge in [-0.25, -0.2) is 0 Å². The highest BCUT2D eigenvalue weighted by Gasteiger charge is 2.08. The second-order valence-electron chi connectivity index (χ2n) is 3.13. The maximum atomic E-state index is 9.13. The maximum Gasteiger partial charge on any atom is 0.115 e. The number of aromatic hydroxyl groups is 1. The van der Waals surface area contributed by atoms with Crippen molar-refractivity contribution in [2.45, 2.75) is 6.04 Å². The number of rotatable bonds is 2. The van der Waals surface area contributed by atoms with Crippen LogP contribution in [0.15, 0.2) is 41.1 Å². The highest BCUT2D eigenvalue weighted by atomic mass is 32.1. The molecule has 2 aromatic rings. The second-order valence-corrected chi connectivity index (χ2v) is 3.91. The van der Waals surface area contributed by atoms with E-state index in [0.717, 1.165) is 11.1 Å². The standard InChI is InChI=1S/C11H11NOS/c12-11(9-5-6-14-7-9)8-1-3-10(13)4-2-8/h1-7,11,13H,12H2/t11-/m1/s1. The van der Waals surface area contributed by atoms with Gasteiger partial charge in [0.15, 0.2) is 0 Å². The Morgan fingerprint density at radius 1 is 1.07 bits per heavy atom. The van der Waals surface area contributed by atoms with Crippen molar-refractivity contribution < 1.29 is 5.11 Å². The van der Waals surface area contributed by atoms with Crippen molar-refractivity contribution in [1.82, 2.24) is 0 Å². The Morgan fingerprint density at radius 2 is 1.79 bits per heavy atom. The minimum Gasteiger partial charge on any atom is -0.508 e. The van der Waals surface area contributed by atoms with E-state index in [1.165, 1.54) is 0 Å². The van der Waals surface area contributed by atoms with Gasteiger partial charge >= 0.3 is 0 Å². The fraction of sp³-hybridized carbons (Fsp3) is 0.0909. The molecule has 0 unspecified atom stereocenters. The summed E-state index contributed by atoms with van der Waals surface area (Å²) in [6.07, 6.45) is 0. The van der Waals surface area contributed by atoms with E-state index in [1.807, 2.05) is 29.0 Å². The topological polar surface area (TPSA) is 46.2 Å². The molecular formula is C11H11NOS. The van der Waals surface area contributed by atoms with E-state index in [1.54, 1.807) is 23.5 Å². The lowest BCUT2D eigenvalue weighted by Crippen LogP contribution is -2.10. The van der Waals surface area contributed by atoms with Gasteiger partial charge in [-0.15, -0.1) is 0 Å². The zero-order valence-corrected chi connectivity index (χ0v) is 8.37. The van der Waals surface area contributed by atoms with E-state index in [4.69, 9.17) is 10.8 Å². The molecule has 0 aliphatic heterocycles. The Bertz CT molecular complexity index is 394. The summed E-state index contributed by atoms with van der Waals surface area (Å²) in [5, 5.41) is 13.2. The molecule has 0 saturated carbocycles. The van der Waals surface area contributed by atoms with Crippen LogP contribution < -0.4 is 5.73 Å². The van der Waals surface area contributed by atoms with Gasteiger partial charge in [0, 0.05) is 0 Å². The summed E-state index contributed by atoms with van der Waals surface area (Å²) in [4.78, 5) is 0. The van der Waals surface area contributed by atoms with Crippen LogP contribution in [0.1, 0.15) is 17.2 Å². The number of benzene rings is 1. The molecule has 0 fully saturated rings. The quantitative estimate of drug-likeness (QED) is 0.791. The van der Waals surface area contributed by atoms with Gasteiger partial charge in [-0.1, -0.05) is 12.1 Å². The van der Waals surface area contributed by atoms with Crippen LogP contribution in [0.25, 0.3) is 0 Å². The van der Waals surface area contributed by atoms with Crippen molar-refractivity contribution in [1.29, 1.82) is 0 Å². The molecule has 0 bridgehead atoms. The number of thiophene rings is 1.